The van der Waals surface area contributed by atoms with Gasteiger partial charge >= 0.3 is 5.97 Å². The monoisotopic (exact) mass is 290 g/mol. The molecule has 1 aliphatic carbocycles. The van der Waals surface area contributed by atoms with Crippen LogP contribution in [0.3, 0.4) is 0 Å². The van der Waals surface area contributed by atoms with Gasteiger partial charge in [0.15, 0.2) is 5.79 Å². The second-order valence-electron chi connectivity index (χ2n) is 6.41. The summed E-state index contributed by atoms with van der Waals surface area (Å²) in [4.78, 5) is 12.0. The zero-order valence-electron chi connectivity index (χ0n) is 12.8. The van der Waals surface area contributed by atoms with Crippen LogP contribution >= 0.6 is 0 Å². The van der Waals surface area contributed by atoms with Crippen LogP contribution in [0.5, 0.6) is 0 Å². The molecule has 0 radical (unpaired) electrons. The van der Waals surface area contributed by atoms with Gasteiger partial charge in [-0.2, -0.15) is 0 Å². The molecule has 0 bridgehead atoms. The summed E-state index contributed by atoms with van der Waals surface area (Å²) in [6.45, 7) is 3.96. The van der Waals surface area contributed by atoms with Crippen molar-refractivity contribution in [2.45, 2.75) is 51.1 Å². The number of carbonyl (C=O) groups excluding carboxylic acids is 1. The summed E-state index contributed by atoms with van der Waals surface area (Å²) in [5, 5.41) is 0. The molecule has 0 aromatic heterocycles. The number of benzene rings is 1. The molecule has 4 atom stereocenters. The fourth-order valence-electron chi connectivity index (χ4n) is 3.60. The molecular formula is C17H22O4. The van der Waals surface area contributed by atoms with Crippen LogP contribution in [-0.4, -0.2) is 25.0 Å². The first-order valence-electron chi connectivity index (χ1n) is 7.47. The van der Waals surface area contributed by atoms with E-state index in [1.807, 2.05) is 32.0 Å². The van der Waals surface area contributed by atoms with E-state index in [1.165, 1.54) is 7.11 Å². The maximum absolute atomic E-state index is 12.0. The Bertz CT molecular complexity index is 529. The van der Waals surface area contributed by atoms with E-state index in [4.69, 9.17) is 14.2 Å². The summed E-state index contributed by atoms with van der Waals surface area (Å²) in [5.74, 6) is -0.828. The first kappa shape index (κ1) is 14.5. The molecule has 0 amide bonds. The molecule has 1 aliphatic heterocycles. The normalized spacial score (nSPS) is 38.8. The molecule has 1 saturated carbocycles. The molecule has 1 spiro atoms. The smallest absolute Gasteiger partial charge is 0.311 e. The zero-order valence-corrected chi connectivity index (χ0v) is 12.8. The standard InChI is InChI=1S/C17H22O4/c1-12-14(13-7-5-4-6-8-13)21-17(20-12)10-9-16(2,11-17)15(18)19-3/h4-8,12,14H,9-11H2,1-3H3/t12-,14+,16?,17?/m0/s1. The summed E-state index contributed by atoms with van der Waals surface area (Å²) < 4.78 is 17.3. The average molecular weight is 290 g/mol. The van der Waals surface area contributed by atoms with E-state index in [0.29, 0.717) is 6.42 Å². The predicted octanol–water partition coefficient (Wildman–Crippen LogP) is 3.22. The molecule has 1 aromatic rings. The van der Waals surface area contributed by atoms with Crippen molar-refractivity contribution in [3.8, 4) is 0 Å². The van der Waals surface area contributed by atoms with Gasteiger partial charge in [-0.15, -0.1) is 0 Å². The molecular weight excluding hydrogens is 268 g/mol. The molecule has 2 unspecified atom stereocenters. The highest BCUT2D eigenvalue weighted by molar-refractivity contribution is 5.76. The van der Waals surface area contributed by atoms with Gasteiger partial charge in [0, 0.05) is 12.8 Å². The topological polar surface area (TPSA) is 44.8 Å². The fraction of sp³-hybridized carbons (Fsp3) is 0.588. The highest BCUT2D eigenvalue weighted by Crippen LogP contribution is 2.53. The van der Waals surface area contributed by atoms with Crippen molar-refractivity contribution in [3.63, 3.8) is 0 Å². The van der Waals surface area contributed by atoms with Crippen LogP contribution in [0.4, 0.5) is 0 Å². The van der Waals surface area contributed by atoms with Gasteiger partial charge in [-0.25, -0.2) is 0 Å². The molecule has 0 N–H and O–H groups in total. The quantitative estimate of drug-likeness (QED) is 0.784. The number of rotatable bonds is 2. The Morgan fingerprint density at radius 3 is 2.62 bits per heavy atom. The van der Waals surface area contributed by atoms with E-state index in [2.05, 4.69) is 12.1 Å². The third-order valence-electron chi connectivity index (χ3n) is 4.69. The van der Waals surface area contributed by atoms with E-state index in [0.717, 1.165) is 18.4 Å². The van der Waals surface area contributed by atoms with Crippen LogP contribution in [0.2, 0.25) is 0 Å². The van der Waals surface area contributed by atoms with Crippen molar-refractivity contribution in [3.05, 3.63) is 35.9 Å². The number of ether oxygens (including phenoxy) is 3. The maximum atomic E-state index is 12.0. The number of carbonyl (C=O) groups is 1. The van der Waals surface area contributed by atoms with Crippen molar-refractivity contribution >= 4 is 5.97 Å². The van der Waals surface area contributed by atoms with Crippen molar-refractivity contribution in [1.82, 2.24) is 0 Å². The van der Waals surface area contributed by atoms with Gasteiger partial charge < -0.3 is 14.2 Å². The SMILES string of the molecule is COC(=O)C1(C)CCC2(C1)O[C@@H](C)[C@H](c1ccccc1)O2. The first-order valence-corrected chi connectivity index (χ1v) is 7.47. The third-order valence-corrected chi connectivity index (χ3v) is 4.69. The van der Waals surface area contributed by atoms with Crippen LogP contribution in [0.15, 0.2) is 30.3 Å². The molecule has 1 saturated heterocycles. The van der Waals surface area contributed by atoms with Crippen LogP contribution < -0.4 is 0 Å². The number of esters is 1. The molecule has 114 valence electrons. The lowest BCUT2D eigenvalue weighted by molar-refractivity contribution is -0.180. The maximum Gasteiger partial charge on any atom is 0.311 e. The summed E-state index contributed by atoms with van der Waals surface area (Å²) in [7, 11) is 1.43. The molecule has 1 aromatic carbocycles. The van der Waals surface area contributed by atoms with Crippen molar-refractivity contribution in [2.24, 2.45) is 5.41 Å². The highest BCUT2D eigenvalue weighted by Gasteiger charge is 2.57. The van der Waals surface area contributed by atoms with Gasteiger partial charge in [0.25, 0.3) is 0 Å². The van der Waals surface area contributed by atoms with Gasteiger partial charge in [-0.05, 0) is 25.8 Å². The van der Waals surface area contributed by atoms with Gasteiger partial charge in [0.05, 0.1) is 18.6 Å². The number of hydrogen-bond donors (Lipinski definition) is 0. The van der Waals surface area contributed by atoms with E-state index < -0.39 is 11.2 Å². The summed E-state index contributed by atoms with van der Waals surface area (Å²) in [6, 6.07) is 10.1. The minimum absolute atomic E-state index is 0.0209. The van der Waals surface area contributed by atoms with Gasteiger partial charge in [-0.1, -0.05) is 30.3 Å². The Hall–Kier alpha value is -1.39. The predicted molar refractivity (Wildman–Crippen MR) is 77.5 cm³/mol. The van der Waals surface area contributed by atoms with Gasteiger partial charge in [-0.3, -0.25) is 4.79 Å². The summed E-state index contributed by atoms with van der Waals surface area (Å²) in [5.41, 5.74) is 0.605. The number of hydrogen-bond acceptors (Lipinski definition) is 4. The minimum atomic E-state index is -0.650. The third kappa shape index (κ3) is 2.47. The molecule has 1 heterocycles. The number of methoxy groups -OCH3 is 1. The Labute approximate surface area is 125 Å². The Morgan fingerprint density at radius 1 is 1.24 bits per heavy atom. The zero-order chi connectivity index (χ0) is 15.1. The van der Waals surface area contributed by atoms with Gasteiger partial charge in [0.1, 0.15) is 6.10 Å². The lowest BCUT2D eigenvalue weighted by atomic mass is 9.88. The molecule has 3 rings (SSSR count). The lowest BCUT2D eigenvalue weighted by Gasteiger charge is -2.26. The van der Waals surface area contributed by atoms with Crippen LogP contribution in [-0.2, 0) is 19.0 Å². The van der Waals surface area contributed by atoms with Crippen LogP contribution in [0.25, 0.3) is 0 Å². The Balaban J connectivity index is 1.79. The Morgan fingerprint density at radius 2 is 1.95 bits per heavy atom. The largest absolute Gasteiger partial charge is 0.469 e. The summed E-state index contributed by atoms with van der Waals surface area (Å²) in [6.07, 6.45) is 1.92. The lowest BCUT2D eigenvalue weighted by Crippen LogP contribution is -2.33. The van der Waals surface area contributed by atoms with E-state index in [1.54, 1.807) is 0 Å². The fourth-order valence-corrected chi connectivity index (χ4v) is 3.60. The van der Waals surface area contributed by atoms with E-state index in [9.17, 15) is 4.79 Å². The van der Waals surface area contributed by atoms with Crippen molar-refractivity contribution in [2.75, 3.05) is 7.11 Å². The molecule has 2 fully saturated rings. The van der Waals surface area contributed by atoms with Crippen molar-refractivity contribution in [1.29, 1.82) is 0 Å². The minimum Gasteiger partial charge on any atom is -0.469 e. The molecule has 21 heavy (non-hydrogen) atoms. The summed E-state index contributed by atoms with van der Waals surface area (Å²) >= 11 is 0. The molecule has 4 heteroatoms. The molecule has 4 nitrogen and oxygen atoms in total. The van der Waals surface area contributed by atoms with E-state index in [-0.39, 0.29) is 18.2 Å². The van der Waals surface area contributed by atoms with Gasteiger partial charge in [0.2, 0.25) is 0 Å². The van der Waals surface area contributed by atoms with Crippen molar-refractivity contribution < 1.29 is 19.0 Å². The highest BCUT2D eigenvalue weighted by atomic mass is 16.8. The Kier molecular flexibility index (Phi) is 3.54. The molecule has 2 aliphatic rings. The van der Waals surface area contributed by atoms with E-state index >= 15 is 0 Å². The average Bonchev–Trinajstić information content (AvgIpc) is 3.00. The first-order chi connectivity index (χ1) is 9.98. The van der Waals surface area contributed by atoms with Crippen LogP contribution in [0.1, 0.15) is 44.8 Å². The second-order valence-corrected chi connectivity index (χ2v) is 6.41. The second kappa shape index (κ2) is 5.11. The van der Waals surface area contributed by atoms with Crippen LogP contribution in [0, 0.1) is 5.41 Å².